The molecule has 0 fully saturated rings. The second kappa shape index (κ2) is 5.27. The lowest BCUT2D eigenvalue weighted by Gasteiger charge is -2.15. The zero-order valence-electron chi connectivity index (χ0n) is 8.98. The summed E-state index contributed by atoms with van der Waals surface area (Å²) in [5.74, 6) is 1.08. The van der Waals surface area contributed by atoms with Crippen LogP contribution in [0.3, 0.4) is 0 Å². The third-order valence-electron chi connectivity index (χ3n) is 2.40. The molecular weight excluding hydrogens is 356 g/mol. The van der Waals surface area contributed by atoms with Crippen molar-refractivity contribution in [3.8, 4) is 11.5 Å². The van der Waals surface area contributed by atoms with Crippen LogP contribution >= 0.6 is 31.9 Å². The second-order valence-corrected chi connectivity index (χ2v) is 5.41. The van der Waals surface area contributed by atoms with E-state index in [4.69, 9.17) is 9.47 Å². The van der Waals surface area contributed by atoms with Crippen molar-refractivity contribution in [3.05, 3.63) is 23.8 Å². The van der Waals surface area contributed by atoms with Gasteiger partial charge in [-0.3, -0.25) is 4.79 Å². The topological polar surface area (TPSA) is 44.8 Å². The van der Waals surface area contributed by atoms with Gasteiger partial charge in [-0.25, -0.2) is 0 Å². The molecule has 0 bridgehead atoms. The first-order valence-electron chi connectivity index (χ1n) is 4.89. The van der Waals surface area contributed by atoms with Crippen LogP contribution in [-0.4, -0.2) is 24.7 Å². The summed E-state index contributed by atoms with van der Waals surface area (Å²) in [6, 6.07) is 5.55. The van der Waals surface area contributed by atoms with E-state index in [1.54, 1.807) is 0 Å². The van der Waals surface area contributed by atoms with Crippen LogP contribution in [0.15, 0.2) is 18.2 Å². The van der Waals surface area contributed by atoms with E-state index in [0.717, 1.165) is 11.3 Å². The number of methoxy groups -OCH3 is 1. The fourth-order valence-electron chi connectivity index (χ4n) is 1.49. The average molecular weight is 366 g/mol. The van der Waals surface area contributed by atoms with E-state index in [1.165, 1.54) is 7.11 Å². The minimum absolute atomic E-state index is 0.190. The maximum atomic E-state index is 11.4. The molecule has 0 amide bonds. The Kier molecular flexibility index (Phi) is 3.93. The number of alkyl halides is 2. The number of benzene rings is 1. The van der Waals surface area contributed by atoms with E-state index in [2.05, 4.69) is 36.6 Å². The van der Waals surface area contributed by atoms with Crippen LogP contribution in [-0.2, 0) is 9.53 Å². The highest BCUT2D eigenvalue weighted by Gasteiger charge is 2.27. The van der Waals surface area contributed by atoms with Crippen molar-refractivity contribution in [2.75, 3.05) is 13.9 Å². The van der Waals surface area contributed by atoms with Gasteiger partial charge < -0.3 is 14.2 Å². The second-order valence-electron chi connectivity index (χ2n) is 3.44. The number of fused-ring (bicyclic) bond motifs is 1. The summed E-state index contributed by atoms with van der Waals surface area (Å²) >= 11 is 6.75. The zero-order valence-corrected chi connectivity index (χ0v) is 12.2. The summed E-state index contributed by atoms with van der Waals surface area (Å²) in [5, 5.41) is 0. The Hall–Kier alpha value is -0.750. The van der Waals surface area contributed by atoms with Gasteiger partial charge in [0.2, 0.25) is 6.79 Å². The molecule has 1 aliphatic heterocycles. The van der Waals surface area contributed by atoms with Crippen LogP contribution in [0.1, 0.15) is 10.4 Å². The Morgan fingerprint density at radius 3 is 2.76 bits per heavy atom. The van der Waals surface area contributed by atoms with Gasteiger partial charge >= 0.3 is 5.97 Å². The van der Waals surface area contributed by atoms with Gasteiger partial charge in [-0.15, -0.1) is 0 Å². The van der Waals surface area contributed by atoms with E-state index in [1.807, 2.05) is 18.2 Å². The van der Waals surface area contributed by atoms with E-state index in [-0.39, 0.29) is 17.6 Å². The van der Waals surface area contributed by atoms with Crippen LogP contribution in [0.25, 0.3) is 0 Å². The van der Waals surface area contributed by atoms with E-state index in [0.29, 0.717) is 5.75 Å². The molecule has 4 nitrogen and oxygen atoms in total. The van der Waals surface area contributed by atoms with Gasteiger partial charge in [0.1, 0.15) is 4.83 Å². The SMILES string of the molecule is COC(=O)C(Br)C(Br)c1ccc2c(c1)OCO2. The molecule has 6 heteroatoms. The molecule has 0 aliphatic carbocycles. The first kappa shape index (κ1) is 12.7. The lowest BCUT2D eigenvalue weighted by Crippen LogP contribution is -2.20. The third kappa shape index (κ3) is 2.57. The van der Waals surface area contributed by atoms with Gasteiger partial charge in [-0.2, -0.15) is 0 Å². The van der Waals surface area contributed by atoms with Crippen molar-refractivity contribution in [3.63, 3.8) is 0 Å². The van der Waals surface area contributed by atoms with Gasteiger partial charge in [-0.1, -0.05) is 37.9 Å². The number of carbonyl (C=O) groups is 1. The maximum absolute atomic E-state index is 11.4. The summed E-state index contributed by atoms with van der Waals surface area (Å²) in [4.78, 5) is 10.8. The first-order valence-corrected chi connectivity index (χ1v) is 6.72. The molecule has 0 N–H and O–H groups in total. The Labute approximate surface area is 115 Å². The Morgan fingerprint density at radius 2 is 2.06 bits per heavy atom. The lowest BCUT2D eigenvalue weighted by molar-refractivity contribution is -0.139. The summed E-state index contributed by atoms with van der Waals surface area (Å²) in [7, 11) is 1.36. The molecule has 1 aromatic carbocycles. The van der Waals surface area contributed by atoms with Gasteiger partial charge in [0.15, 0.2) is 11.5 Å². The number of hydrogen-bond acceptors (Lipinski definition) is 4. The van der Waals surface area contributed by atoms with Crippen molar-refractivity contribution in [1.29, 1.82) is 0 Å². The molecule has 1 aromatic rings. The van der Waals surface area contributed by atoms with Crippen LogP contribution in [0.2, 0.25) is 0 Å². The molecule has 0 radical (unpaired) electrons. The molecular formula is C11H10Br2O4. The minimum atomic E-state index is -0.451. The van der Waals surface area contributed by atoms with Gasteiger partial charge in [0.25, 0.3) is 0 Å². The van der Waals surface area contributed by atoms with E-state index >= 15 is 0 Å². The Morgan fingerprint density at radius 1 is 1.35 bits per heavy atom. The molecule has 92 valence electrons. The van der Waals surface area contributed by atoms with Crippen molar-refractivity contribution in [2.45, 2.75) is 9.65 Å². The minimum Gasteiger partial charge on any atom is -0.468 e. The molecule has 2 rings (SSSR count). The molecule has 1 heterocycles. The molecule has 2 unspecified atom stereocenters. The van der Waals surface area contributed by atoms with Crippen LogP contribution in [0.4, 0.5) is 0 Å². The van der Waals surface area contributed by atoms with Gasteiger partial charge in [-0.05, 0) is 17.7 Å². The smallest absolute Gasteiger partial charge is 0.320 e. The fraction of sp³-hybridized carbons (Fsp3) is 0.364. The predicted octanol–water partition coefficient (Wildman–Crippen LogP) is 2.79. The van der Waals surface area contributed by atoms with Crippen molar-refractivity contribution in [1.82, 2.24) is 0 Å². The highest BCUT2D eigenvalue weighted by Crippen LogP contribution is 2.39. The normalized spacial score (nSPS) is 16.4. The van der Waals surface area contributed by atoms with Crippen LogP contribution < -0.4 is 9.47 Å². The quantitative estimate of drug-likeness (QED) is 0.610. The summed E-state index contributed by atoms with van der Waals surface area (Å²) < 4.78 is 15.2. The molecule has 2 atom stereocenters. The molecule has 1 aliphatic rings. The number of esters is 1. The van der Waals surface area contributed by atoms with Gasteiger partial charge in [0, 0.05) is 0 Å². The number of rotatable bonds is 3. The van der Waals surface area contributed by atoms with Crippen molar-refractivity contribution in [2.24, 2.45) is 0 Å². The average Bonchev–Trinajstić information content (AvgIpc) is 2.83. The maximum Gasteiger partial charge on any atom is 0.320 e. The highest BCUT2D eigenvalue weighted by atomic mass is 79.9. The summed E-state index contributed by atoms with van der Waals surface area (Å²) in [6.07, 6.45) is 0. The third-order valence-corrected chi connectivity index (χ3v) is 5.07. The number of hydrogen-bond donors (Lipinski definition) is 0. The largest absolute Gasteiger partial charge is 0.468 e. The number of halogens is 2. The number of carbonyl (C=O) groups excluding carboxylic acids is 1. The van der Waals surface area contributed by atoms with Crippen LogP contribution in [0.5, 0.6) is 11.5 Å². The van der Waals surface area contributed by atoms with Crippen LogP contribution in [0, 0.1) is 0 Å². The predicted molar refractivity (Wildman–Crippen MR) is 69.0 cm³/mol. The Bertz CT molecular complexity index is 435. The standard InChI is InChI=1S/C11H10Br2O4/c1-15-11(14)10(13)9(12)6-2-3-7-8(4-6)17-5-16-7/h2-4,9-10H,5H2,1H3. The van der Waals surface area contributed by atoms with Gasteiger partial charge in [0.05, 0.1) is 11.9 Å². The molecule has 0 saturated heterocycles. The summed E-state index contributed by atoms with van der Waals surface area (Å²) in [5.41, 5.74) is 0.918. The zero-order chi connectivity index (χ0) is 12.4. The fourth-order valence-corrected chi connectivity index (χ4v) is 2.48. The van der Waals surface area contributed by atoms with Crippen molar-refractivity contribution < 1.29 is 19.0 Å². The highest BCUT2D eigenvalue weighted by molar-refractivity contribution is 9.12. The summed E-state index contributed by atoms with van der Waals surface area (Å²) in [6.45, 7) is 0.237. The number of ether oxygens (including phenoxy) is 3. The van der Waals surface area contributed by atoms with E-state index in [9.17, 15) is 4.79 Å². The van der Waals surface area contributed by atoms with E-state index < -0.39 is 4.83 Å². The van der Waals surface area contributed by atoms with Crippen molar-refractivity contribution >= 4 is 37.8 Å². The molecule has 0 spiro atoms. The first-order chi connectivity index (χ1) is 8.13. The lowest BCUT2D eigenvalue weighted by atomic mass is 10.1. The monoisotopic (exact) mass is 364 g/mol. The molecule has 0 aromatic heterocycles. The molecule has 0 saturated carbocycles. The Balaban J connectivity index is 2.19. The molecule has 17 heavy (non-hydrogen) atoms.